The lowest BCUT2D eigenvalue weighted by Crippen LogP contribution is -2.67. The summed E-state index contributed by atoms with van der Waals surface area (Å²) in [5, 5.41) is 3.25. The minimum absolute atomic E-state index is 0.0186. The Morgan fingerprint density at radius 1 is 1.03 bits per heavy atom. The molecule has 4 atom stereocenters. The number of benzene rings is 2. The molecular formula is C29H29ClF2N4O3. The number of fused-ring (bicyclic) bond motifs is 3. The fraction of sp³-hybridized carbons (Fsp3) is 0.414. The van der Waals surface area contributed by atoms with Gasteiger partial charge in [0.25, 0.3) is 11.8 Å². The second-order valence-corrected chi connectivity index (χ2v) is 10.9. The molecule has 3 amide bonds. The number of piperazine rings is 1. The SMILES string of the molecule is CN1CCN(C)C(c2ccc(NC(=O)[C@@H]3C4CCC(CC4(F)F)N3C(=O)C#Cc3ccc(Cl)cc3)cc2)C1=O. The Balaban J connectivity index is 1.36. The lowest BCUT2D eigenvalue weighted by Gasteiger charge is -2.52. The third-order valence-electron chi connectivity index (χ3n) is 7.93. The first-order valence-corrected chi connectivity index (χ1v) is 13.3. The topological polar surface area (TPSA) is 73.0 Å². The number of amides is 3. The molecule has 0 spiro atoms. The predicted octanol–water partition coefficient (Wildman–Crippen LogP) is 3.79. The highest BCUT2D eigenvalue weighted by Crippen LogP contribution is 2.49. The smallest absolute Gasteiger partial charge is 0.299 e. The summed E-state index contributed by atoms with van der Waals surface area (Å²) < 4.78 is 29.9. The van der Waals surface area contributed by atoms with Gasteiger partial charge in [-0.25, -0.2) is 8.78 Å². The number of hydrogen-bond acceptors (Lipinski definition) is 4. The Labute approximate surface area is 231 Å². The summed E-state index contributed by atoms with van der Waals surface area (Å²) in [6.45, 7) is 1.38. The Bertz CT molecular complexity index is 1340. The molecule has 7 nitrogen and oxygen atoms in total. The van der Waals surface area contributed by atoms with Crippen LogP contribution in [0.5, 0.6) is 0 Å². The number of halogens is 3. The molecule has 3 aliphatic heterocycles. The van der Waals surface area contributed by atoms with Gasteiger partial charge in [-0.2, -0.15) is 0 Å². The van der Waals surface area contributed by atoms with E-state index in [9.17, 15) is 23.2 Å². The summed E-state index contributed by atoms with van der Waals surface area (Å²) in [6, 6.07) is 10.8. The van der Waals surface area contributed by atoms with Crippen molar-refractivity contribution in [3.05, 3.63) is 64.7 Å². The molecular weight excluding hydrogens is 526 g/mol. The molecule has 3 heterocycles. The number of alkyl halides is 2. The molecule has 1 saturated carbocycles. The van der Waals surface area contributed by atoms with Crippen LogP contribution in [0.25, 0.3) is 0 Å². The van der Waals surface area contributed by atoms with Crippen molar-refractivity contribution in [3.63, 3.8) is 0 Å². The van der Waals surface area contributed by atoms with Gasteiger partial charge in [0.1, 0.15) is 12.1 Å². The average Bonchev–Trinajstić information content (AvgIpc) is 2.90. The van der Waals surface area contributed by atoms with Crippen LogP contribution in [-0.2, 0) is 14.4 Å². The van der Waals surface area contributed by atoms with E-state index in [4.69, 9.17) is 11.6 Å². The van der Waals surface area contributed by atoms with Gasteiger partial charge in [-0.05, 0) is 61.9 Å². The molecule has 3 unspecified atom stereocenters. The van der Waals surface area contributed by atoms with E-state index in [0.29, 0.717) is 29.2 Å². The minimum atomic E-state index is -3.06. The third-order valence-corrected chi connectivity index (χ3v) is 8.18. The zero-order chi connectivity index (χ0) is 27.9. The molecule has 39 heavy (non-hydrogen) atoms. The summed E-state index contributed by atoms with van der Waals surface area (Å²) in [6.07, 6.45) is 0.0547. The molecule has 2 aromatic rings. The van der Waals surface area contributed by atoms with Gasteiger partial charge in [0, 0.05) is 54.8 Å². The Morgan fingerprint density at radius 2 is 1.72 bits per heavy atom. The number of likely N-dealkylation sites (N-methyl/N-ethyl adjacent to an activating group) is 2. The van der Waals surface area contributed by atoms with Crippen LogP contribution in [0.4, 0.5) is 14.5 Å². The predicted molar refractivity (Wildman–Crippen MR) is 143 cm³/mol. The molecule has 1 N–H and O–H groups in total. The largest absolute Gasteiger partial charge is 0.343 e. The van der Waals surface area contributed by atoms with Gasteiger partial charge in [-0.3, -0.25) is 19.3 Å². The summed E-state index contributed by atoms with van der Waals surface area (Å²) in [5.41, 5.74) is 1.71. The summed E-state index contributed by atoms with van der Waals surface area (Å²) in [5.74, 6) is -0.430. The zero-order valence-electron chi connectivity index (χ0n) is 21.7. The van der Waals surface area contributed by atoms with Crippen molar-refractivity contribution in [2.75, 3.05) is 32.5 Å². The van der Waals surface area contributed by atoms with Crippen molar-refractivity contribution in [3.8, 4) is 11.8 Å². The fourth-order valence-electron chi connectivity index (χ4n) is 5.83. The zero-order valence-corrected chi connectivity index (χ0v) is 22.4. The summed E-state index contributed by atoms with van der Waals surface area (Å²) in [7, 11) is 3.64. The molecule has 3 saturated heterocycles. The van der Waals surface area contributed by atoms with Gasteiger partial charge in [0.15, 0.2) is 0 Å². The first-order chi connectivity index (χ1) is 18.5. The van der Waals surface area contributed by atoms with Crippen LogP contribution >= 0.6 is 11.6 Å². The molecule has 2 aromatic carbocycles. The molecule has 204 valence electrons. The number of anilines is 1. The van der Waals surface area contributed by atoms with Crippen molar-refractivity contribution < 1.29 is 23.2 Å². The van der Waals surface area contributed by atoms with Gasteiger partial charge in [-0.15, -0.1) is 0 Å². The van der Waals surface area contributed by atoms with Crippen molar-refractivity contribution >= 4 is 35.0 Å². The van der Waals surface area contributed by atoms with Crippen LogP contribution in [-0.4, -0.2) is 77.6 Å². The van der Waals surface area contributed by atoms with Crippen LogP contribution in [0.15, 0.2) is 48.5 Å². The van der Waals surface area contributed by atoms with E-state index in [0.717, 1.165) is 12.1 Å². The lowest BCUT2D eigenvalue weighted by molar-refractivity contribution is -0.189. The van der Waals surface area contributed by atoms with Crippen LogP contribution in [0, 0.1) is 17.8 Å². The second-order valence-electron chi connectivity index (χ2n) is 10.5. The van der Waals surface area contributed by atoms with E-state index in [1.807, 2.05) is 11.9 Å². The van der Waals surface area contributed by atoms with Crippen molar-refractivity contribution in [1.29, 1.82) is 0 Å². The highest BCUT2D eigenvalue weighted by molar-refractivity contribution is 6.30. The van der Waals surface area contributed by atoms with E-state index >= 15 is 0 Å². The molecule has 4 fully saturated rings. The normalized spacial score (nSPS) is 26.1. The van der Waals surface area contributed by atoms with Crippen LogP contribution in [0.2, 0.25) is 5.02 Å². The highest BCUT2D eigenvalue weighted by atomic mass is 35.5. The maximum atomic E-state index is 14.9. The number of piperidine rings is 2. The standard InChI is InChI=1S/C29H29ClF2N4O3/c1-34-15-16-35(2)28(39)25(34)19-6-10-21(11-7-19)33-27(38)26-23-13-12-22(17-29(23,31)32)36(26)24(37)14-5-18-3-8-20(30)9-4-18/h3-4,6-11,22-23,25-26H,12-13,15-17H2,1-2H3,(H,33,38)/t22?,23?,25?,26-/m0/s1. The van der Waals surface area contributed by atoms with E-state index in [-0.39, 0.29) is 12.3 Å². The van der Waals surface area contributed by atoms with Crippen molar-refractivity contribution in [2.24, 2.45) is 5.92 Å². The fourth-order valence-corrected chi connectivity index (χ4v) is 5.95. The number of carbonyl (C=O) groups is 3. The number of nitrogens with zero attached hydrogens (tertiary/aromatic N) is 3. The quantitative estimate of drug-likeness (QED) is 0.586. The summed E-state index contributed by atoms with van der Waals surface area (Å²) >= 11 is 5.89. The van der Waals surface area contributed by atoms with Crippen LogP contribution < -0.4 is 5.32 Å². The Morgan fingerprint density at radius 3 is 2.38 bits per heavy atom. The van der Waals surface area contributed by atoms with E-state index < -0.39 is 48.2 Å². The molecule has 4 aliphatic rings. The molecule has 10 heteroatoms. The first kappa shape index (κ1) is 27.1. The molecule has 1 aliphatic carbocycles. The highest BCUT2D eigenvalue weighted by Gasteiger charge is 2.60. The van der Waals surface area contributed by atoms with E-state index in [1.54, 1.807) is 60.5 Å². The molecule has 0 aromatic heterocycles. The van der Waals surface area contributed by atoms with Gasteiger partial charge in [0.05, 0.1) is 5.92 Å². The molecule has 2 bridgehead atoms. The van der Waals surface area contributed by atoms with E-state index in [2.05, 4.69) is 17.2 Å². The number of nitrogens with one attached hydrogen (secondary N) is 1. The second kappa shape index (κ2) is 10.6. The maximum absolute atomic E-state index is 14.9. The number of hydrogen-bond donors (Lipinski definition) is 1. The van der Waals surface area contributed by atoms with Crippen molar-refractivity contribution in [1.82, 2.24) is 14.7 Å². The minimum Gasteiger partial charge on any atom is -0.343 e. The number of carbonyl (C=O) groups excluding carboxylic acids is 3. The maximum Gasteiger partial charge on any atom is 0.299 e. The van der Waals surface area contributed by atoms with Crippen molar-refractivity contribution in [2.45, 2.75) is 43.3 Å². The first-order valence-electron chi connectivity index (χ1n) is 12.9. The average molecular weight is 555 g/mol. The third kappa shape index (κ3) is 5.36. The van der Waals surface area contributed by atoms with E-state index in [1.165, 1.54) is 4.90 Å². The van der Waals surface area contributed by atoms with Gasteiger partial charge < -0.3 is 15.1 Å². The monoisotopic (exact) mass is 554 g/mol. The van der Waals surface area contributed by atoms with Gasteiger partial charge in [-0.1, -0.05) is 29.7 Å². The van der Waals surface area contributed by atoms with Gasteiger partial charge >= 0.3 is 0 Å². The van der Waals surface area contributed by atoms with Gasteiger partial charge in [0.2, 0.25) is 11.8 Å². The molecule has 6 rings (SSSR count). The van der Waals surface area contributed by atoms with Crippen LogP contribution in [0.3, 0.4) is 0 Å². The molecule has 0 radical (unpaired) electrons. The Kier molecular flexibility index (Phi) is 7.36. The summed E-state index contributed by atoms with van der Waals surface area (Å²) in [4.78, 5) is 44.2. The number of rotatable bonds is 3. The van der Waals surface area contributed by atoms with Crippen LogP contribution in [0.1, 0.15) is 36.4 Å². The Hall–Kier alpha value is -3.48. The lowest BCUT2D eigenvalue weighted by atomic mass is 9.71.